The number of unbranched alkanes of at least 4 members (excludes halogenated alkanes) is 11. The van der Waals surface area contributed by atoms with Gasteiger partial charge in [-0.2, -0.15) is 0 Å². The number of rotatable bonds is 18. The van der Waals surface area contributed by atoms with Crippen LogP contribution in [0.4, 0.5) is 0 Å². The van der Waals surface area contributed by atoms with E-state index in [9.17, 15) is 0 Å². The molecule has 1 rings (SSSR count). The number of allylic oxidation sites excluding steroid dienone is 1. The van der Waals surface area contributed by atoms with Gasteiger partial charge in [-0.15, -0.1) is 0 Å². The lowest BCUT2D eigenvalue weighted by molar-refractivity contribution is 0.0134. The van der Waals surface area contributed by atoms with Gasteiger partial charge in [0.15, 0.2) is 9.04 Å². The van der Waals surface area contributed by atoms with Crippen molar-refractivity contribution in [1.29, 1.82) is 0 Å². The van der Waals surface area contributed by atoms with Gasteiger partial charge in [0.2, 0.25) is 0 Å². The monoisotopic (exact) mass is 466 g/mol. The molecule has 1 unspecified atom stereocenters. The molecule has 0 aromatic rings. The predicted octanol–water partition coefficient (Wildman–Crippen LogP) is 9.38. The summed E-state index contributed by atoms with van der Waals surface area (Å²) in [6.45, 7) is 16.3. The Hall–Kier alpha value is -0.123. The minimum absolute atomic E-state index is 0.0639. The molecule has 32 heavy (non-hydrogen) atoms. The van der Waals surface area contributed by atoms with E-state index in [-0.39, 0.29) is 5.60 Å². The minimum atomic E-state index is -0.962. The lowest BCUT2D eigenvalue weighted by Gasteiger charge is -2.39. The van der Waals surface area contributed by atoms with Crippen molar-refractivity contribution in [2.45, 2.75) is 162 Å². The number of hydrogen-bond donors (Lipinski definition) is 0. The molecule has 3 heteroatoms. The Morgan fingerprint density at radius 1 is 0.844 bits per heavy atom. The maximum Gasteiger partial charge on any atom is 0.171 e. The summed E-state index contributed by atoms with van der Waals surface area (Å²) in [4.78, 5) is 0. The highest BCUT2D eigenvalue weighted by molar-refractivity contribution is 6.48. The normalized spacial score (nSPS) is 19.2. The van der Waals surface area contributed by atoms with Crippen LogP contribution >= 0.6 is 0 Å². The van der Waals surface area contributed by atoms with E-state index < -0.39 is 9.04 Å². The summed E-state index contributed by atoms with van der Waals surface area (Å²) < 4.78 is 11.8. The molecule has 0 saturated carbocycles. The van der Waals surface area contributed by atoms with Crippen molar-refractivity contribution in [2.24, 2.45) is 5.41 Å². The van der Waals surface area contributed by atoms with Crippen LogP contribution in [0.1, 0.15) is 137 Å². The molecule has 0 saturated heterocycles. The number of ether oxygens (including phenoxy) is 1. The summed E-state index contributed by atoms with van der Waals surface area (Å²) in [6, 6.07) is 0. The molecule has 0 aromatic heterocycles. The van der Waals surface area contributed by atoms with Gasteiger partial charge in [-0.05, 0) is 77.0 Å². The molecule has 0 heterocycles. The summed E-state index contributed by atoms with van der Waals surface area (Å²) in [7, 11) is 0.867. The zero-order valence-electron chi connectivity index (χ0n) is 23.3. The molecule has 1 aliphatic rings. The van der Waals surface area contributed by atoms with E-state index in [2.05, 4.69) is 47.7 Å². The van der Waals surface area contributed by atoms with E-state index >= 15 is 0 Å². The first-order chi connectivity index (χ1) is 15.1. The molecular formula is C29H58O2Si. The zero-order chi connectivity index (χ0) is 24.0. The maximum absolute atomic E-state index is 6.34. The molecule has 0 fully saturated rings. The summed E-state index contributed by atoms with van der Waals surface area (Å²) in [5.74, 6) is 0. The van der Waals surface area contributed by atoms with E-state index in [1.807, 2.05) is 7.11 Å². The smallest absolute Gasteiger partial charge is 0.171 e. The first-order valence-corrected chi connectivity index (χ1v) is 16.8. The number of hydrogen-bond acceptors (Lipinski definition) is 2. The second kappa shape index (κ2) is 15.7. The van der Waals surface area contributed by atoms with Crippen LogP contribution in [-0.2, 0) is 9.16 Å². The Labute approximate surface area is 204 Å². The Morgan fingerprint density at radius 3 is 1.78 bits per heavy atom. The summed E-state index contributed by atoms with van der Waals surface area (Å²) in [5.41, 5.74) is 3.73. The van der Waals surface area contributed by atoms with Crippen molar-refractivity contribution in [2.75, 3.05) is 7.11 Å². The van der Waals surface area contributed by atoms with E-state index in [1.54, 1.807) is 11.1 Å². The molecule has 0 amide bonds. The molecule has 1 aliphatic carbocycles. The average Bonchev–Trinajstić information content (AvgIpc) is 2.72. The van der Waals surface area contributed by atoms with Gasteiger partial charge in [-0.1, -0.05) is 90.0 Å². The van der Waals surface area contributed by atoms with Crippen LogP contribution in [0.25, 0.3) is 0 Å². The van der Waals surface area contributed by atoms with Gasteiger partial charge in [0.1, 0.15) is 0 Å². The quantitative estimate of drug-likeness (QED) is 0.114. The van der Waals surface area contributed by atoms with Crippen molar-refractivity contribution < 1.29 is 9.16 Å². The summed E-state index contributed by atoms with van der Waals surface area (Å²) in [6.07, 6.45) is 22.2. The SMILES string of the molecule is COC(C)(C)CCCCCCCCCCCCCCC1=C(C)C(O[SiH](C)C)CCC1(C)C. The summed E-state index contributed by atoms with van der Waals surface area (Å²) in [5, 5.41) is 0. The predicted molar refractivity (Wildman–Crippen MR) is 145 cm³/mol. The molecular weight excluding hydrogens is 408 g/mol. The Bertz CT molecular complexity index is 521. The second-order valence-corrected chi connectivity index (χ2v) is 14.3. The topological polar surface area (TPSA) is 18.5 Å². The standard InChI is InChI=1S/C29H58O2Si/c1-25-26(28(2,3)24-22-27(25)31-32(7)8)21-19-17-15-13-11-9-10-12-14-16-18-20-23-29(4,5)30-6/h27,32H,9-24H2,1-8H3. The molecule has 0 bridgehead atoms. The van der Waals surface area contributed by atoms with Crippen LogP contribution in [0, 0.1) is 5.41 Å². The van der Waals surface area contributed by atoms with Crippen molar-refractivity contribution >= 4 is 9.04 Å². The number of methoxy groups -OCH3 is 1. The van der Waals surface area contributed by atoms with Gasteiger partial charge in [0.05, 0.1) is 11.7 Å². The van der Waals surface area contributed by atoms with Gasteiger partial charge in [-0.3, -0.25) is 0 Å². The van der Waals surface area contributed by atoms with Gasteiger partial charge in [0.25, 0.3) is 0 Å². The highest BCUT2D eigenvalue weighted by atomic mass is 28.3. The Morgan fingerprint density at radius 2 is 1.31 bits per heavy atom. The van der Waals surface area contributed by atoms with Crippen LogP contribution in [0.15, 0.2) is 11.1 Å². The molecule has 190 valence electrons. The third kappa shape index (κ3) is 12.4. The lowest BCUT2D eigenvalue weighted by Crippen LogP contribution is -2.32. The van der Waals surface area contributed by atoms with Crippen LogP contribution in [-0.4, -0.2) is 27.9 Å². The van der Waals surface area contributed by atoms with Crippen molar-refractivity contribution in [3.63, 3.8) is 0 Å². The minimum Gasteiger partial charge on any atom is -0.414 e. The summed E-state index contributed by atoms with van der Waals surface area (Å²) >= 11 is 0. The largest absolute Gasteiger partial charge is 0.414 e. The van der Waals surface area contributed by atoms with Crippen LogP contribution in [0.2, 0.25) is 13.1 Å². The van der Waals surface area contributed by atoms with Gasteiger partial charge >= 0.3 is 0 Å². The van der Waals surface area contributed by atoms with Gasteiger partial charge in [-0.25, -0.2) is 0 Å². The molecule has 0 radical (unpaired) electrons. The van der Waals surface area contributed by atoms with Gasteiger partial charge < -0.3 is 9.16 Å². The fourth-order valence-electron chi connectivity index (χ4n) is 5.34. The third-order valence-electron chi connectivity index (χ3n) is 7.75. The molecule has 0 aliphatic heterocycles. The van der Waals surface area contributed by atoms with E-state index in [4.69, 9.17) is 9.16 Å². The molecule has 0 aromatic carbocycles. The molecule has 0 spiro atoms. The molecule has 0 N–H and O–H groups in total. The highest BCUT2D eigenvalue weighted by Crippen LogP contribution is 2.43. The van der Waals surface area contributed by atoms with Crippen LogP contribution < -0.4 is 0 Å². The third-order valence-corrected chi connectivity index (χ3v) is 8.62. The zero-order valence-corrected chi connectivity index (χ0v) is 24.4. The van der Waals surface area contributed by atoms with Crippen LogP contribution in [0.5, 0.6) is 0 Å². The molecule has 1 atom stereocenters. The second-order valence-electron chi connectivity index (χ2n) is 12.0. The Balaban J connectivity index is 2.05. The van der Waals surface area contributed by atoms with E-state index in [0.717, 1.165) is 0 Å². The average molecular weight is 467 g/mol. The Kier molecular flexibility index (Phi) is 14.7. The van der Waals surface area contributed by atoms with E-state index in [0.29, 0.717) is 11.5 Å². The van der Waals surface area contributed by atoms with E-state index in [1.165, 1.54) is 103 Å². The fourth-order valence-corrected chi connectivity index (χ4v) is 6.34. The van der Waals surface area contributed by atoms with Crippen molar-refractivity contribution in [3.8, 4) is 0 Å². The first-order valence-electron chi connectivity index (χ1n) is 14.0. The van der Waals surface area contributed by atoms with Gasteiger partial charge in [0, 0.05) is 7.11 Å². The van der Waals surface area contributed by atoms with Crippen molar-refractivity contribution in [1.82, 2.24) is 0 Å². The van der Waals surface area contributed by atoms with Crippen LogP contribution in [0.3, 0.4) is 0 Å². The molecule has 2 nitrogen and oxygen atoms in total. The fraction of sp³-hybridized carbons (Fsp3) is 0.931. The lowest BCUT2D eigenvalue weighted by atomic mass is 9.70. The van der Waals surface area contributed by atoms with Crippen molar-refractivity contribution in [3.05, 3.63) is 11.1 Å². The first kappa shape index (κ1) is 29.9. The maximum atomic E-state index is 6.34. The highest BCUT2D eigenvalue weighted by Gasteiger charge is 2.33.